The number of benzene rings is 1. The van der Waals surface area contributed by atoms with Crippen molar-refractivity contribution in [2.45, 2.75) is 35.6 Å². The van der Waals surface area contributed by atoms with Crippen LogP contribution in [0.1, 0.15) is 0 Å². The highest BCUT2D eigenvalue weighted by Crippen LogP contribution is 2.36. The molecule has 2 saturated heterocycles. The molecule has 1 amide bonds. The molecule has 2 fully saturated rings. The number of nitrogens with zero attached hydrogens (tertiary/aromatic N) is 3. The maximum Gasteiger partial charge on any atom is 0.349 e. The van der Waals surface area contributed by atoms with Gasteiger partial charge in [-0.15, -0.1) is 0 Å². The molecule has 2 aliphatic heterocycles. The Kier molecular flexibility index (Phi) is 9.89. The monoisotopic (exact) mass is 584 g/mol. The largest absolute Gasteiger partial charge is 0.418 e. The standard InChI is InChI=1S/C22H25F5N4O9/c1-34-17-10(6-30-31-28)38-7-21(17,36-3)19(32)29-5-9-18(35-2)22(37-4,8-39-9)20(33)40-16-14(26)12(24)11(23)13(25)15(16)27/h9-10,17-18H,5-8H2,1-4H3,(H,29,32)/t9-,10-,17+,18+,21+,22+/m0/s1. The van der Waals surface area contributed by atoms with Gasteiger partial charge in [0.2, 0.25) is 40.4 Å². The second-order valence-electron chi connectivity index (χ2n) is 8.61. The summed E-state index contributed by atoms with van der Waals surface area (Å²) < 4.78 is 106. The zero-order valence-electron chi connectivity index (χ0n) is 21.5. The van der Waals surface area contributed by atoms with Crippen LogP contribution in [-0.2, 0) is 38.0 Å². The van der Waals surface area contributed by atoms with E-state index in [0.717, 1.165) is 14.2 Å². The highest BCUT2D eigenvalue weighted by atomic mass is 19.2. The van der Waals surface area contributed by atoms with Crippen LogP contribution in [0.3, 0.4) is 0 Å². The van der Waals surface area contributed by atoms with Crippen molar-refractivity contribution in [3.8, 4) is 5.75 Å². The summed E-state index contributed by atoms with van der Waals surface area (Å²) >= 11 is 0. The Labute approximate surface area is 223 Å². The molecule has 18 heteroatoms. The molecule has 1 aromatic rings. The molecule has 1 aromatic carbocycles. The van der Waals surface area contributed by atoms with Crippen molar-refractivity contribution in [1.82, 2.24) is 5.32 Å². The first-order valence-electron chi connectivity index (χ1n) is 11.4. The number of hydrogen-bond acceptors (Lipinski definition) is 10. The Balaban J connectivity index is 1.78. The molecule has 40 heavy (non-hydrogen) atoms. The molecule has 0 aliphatic carbocycles. The molecule has 0 spiro atoms. The van der Waals surface area contributed by atoms with Gasteiger partial charge in [0.1, 0.15) is 18.3 Å². The summed E-state index contributed by atoms with van der Waals surface area (Å²) in [5.41, 5.74) is 4.67. The van der Waals surface area contributed by atoms with E-state index in [9.17, 15) is 31.5 Å². The minimum atomic E-state index is -2.44. The van der Waals surface area contributed by atoms with Crippen molar-refractivity contribution >= 4 is 11.9 Å². The Bertz CT molecular complexity index is 1160. The molecule has 222 valence electrons. The summed E-state index contributed by atoms with van der Waals surface area (Å²) in [5, 5.41) is 5.98. The molecule has 0 saturated carbocycles. The van der Waals surface area contributed by atoms with Crippen LogP contribution < -0.4 is 10.1 Å². The predicted molar refractivity (Wildman–Crippen MR) is 119 cm³/mol. The van der Waals surface area contributed by atoms with Gasteiger partial charge in [0.15, 0.2) is 5.60 Å². The SMILES string of the molecule is CO[C@@H]1[C@H](CN=[N+]=[N-])OC[C@]1(OC)C(=O)NC[C@@H]1OC[C@](OC)(C(=O)Oc2c(F)c(F)c(F)c(F)c2F)[C@@H]1OC. The van der Waals surface area contributed by atoms with Crippen LogP contribution in [0.5, 0.6) is 5.75 Å². The van der Waals surface area contributed by atoms with Crippen molar-refractivity contribution in [1.29, 1.82) is 0 Å². The molecular weight excluding hydrogens is 559 g/mol. The fourth-order valence-electron chi connectivity index (χ4n) is 4.61. The Morgan fingerprint density at radius 1 is 0.900 bits per heavy atom. The van der Waals surface area contributed by atoms with E-state index >= 15 is 0 Å². The van der Waals surface area contributed by atoms with Gasteiger partial charge in [-0.25, -0.2) is 18.0 Å². The van der Waals surface area contributed by atoms with E-state index in [0.29, 0.717) is 0 Å². The van der Waals surface area contributed by atoms with E-state index < -0.39 is 88.9 Å². The summed E-state index contributed by atoms with van der Waals surface area (Å²) in [6, 6.07) is 0. The fraction of sp³-hybridized carbons (Fsp3) is 0.636. The Hall–Kier alpha value is -3.12. The molecule has 3 rings (SSSR count). The molecule has 0 aromatic heterocycles. The summed E-state index contributed by atoms with van der Waals surface area (Å²) in [5.74, 6) is -16.0. The van der Waals surface area contributed by atoms with E-state index in [-0.39, 0.29) is 19.7 Å². The van der Waals surface area contributed by atoms with Gasteiger partial charge in [0.05, 0.1) is 25.9 Å². The summed E-state index contributed by atoms with van der Waals surface area (Å²) in [7, 11) is 4.66. The van der Waals surface area contributed by atoms with Gasteiger partial charge in [-0.3, -0.25) is 4.79 Å². The number of methoxy groups -OCH3 is 4. The molecular formula is C22H25F5N4O9. The Morgan fingerprint density at radius 2 is 1.40 bits per heavy atom. The summed E-state index contributed by atoms with van der Waals surface area (Å²) in [6.45, 7) is -1.41. The second-order valence-corrected chi connectivity index (χ2v) is 8.61. The number of ether oxygens (including phenoxy) is 7. The number of azide groups is 1. The van der Waals surface area contributed by atoms with Crippen molar-refractivity contribution in [3.63, 3.8) is 0 Å². The average Bonchev–Trinajstić information content (AvgIpc) is 3.53. The molecule has 2 heterocycles. The van der Waals surface area contributed by atoms with Gasteiger partial charge in [-0.1, -0.05) is 5.11 Å². The van der Waals surface area contributed by atoms with Gasteiger partial charge in [-0.05, 0) is 5.53 Å². The number of nitrogens with one attached hydrogen (secondary N) is 1. The van der Waals surface area contributed by atoms with Crippen LogP contribution in [0.15, 0.2) is 5.11 Å². The fourth-order valence-corrected chi connectivity index (χ4v) is 4.61. The lowest BCUT2D eigenvalue weighted by Crippen LogP contribution is -2.60. The van der Waals surface area contributed by atoms with Crippen LogP contribution in [0.25, 0.3) is 10.4 Å². The number of amides is 1. The quantitative estimate of drug-likeness (QED) is 0.0591. The molecule has 2 aliphatic rings. The first-order valence-corrected chi connectivity index (χ1v) is 11.4. The first-order chi connectivity index (χ1) is 19.0. The molecule has 13 nitrogen and oxygen atoms in total. The van der Waals surface area contributed by atoms with Crippen molar-refractivity contribution in [2.75, 3.05) is 54.7 Å². The van der Waals surface area contributed by atoms with Crippen molar-refractivity contribution < 1.29 is 64.7 Å². The minimum Gasteiger partial charge on any atom is -0.418 e. The highest BCUT2D eigenvalue weighted by Gasteiger charge is 2.59. The van der Waals surface area contributed by atoms with E-state index in [1.807, 2.05) is 0 Å². The maximum absolute atomic E-state index is 14.1. The highest BCUT2D eigenvalue weighted by molar-refractivity contribution is 5.87. The first kappa shape index (κ1) is 31.4. The lowest BCUT2D eigenvalue weighted by Gasteiger charge is -2.33. The number of rotatable bonds is 11. The van der Waals surface area contributed by atoms with Crippen molar-refractivity contribution in [2.24, 2.45) is 5.11 Å². The van der Waals surface area contributed by atoms with Crippen molar-refractivity contribution in [3.05, 3.63) is 39.5 Å². The number of esters is 1. The number of carbonyl (C=O) groups is 2. The minimum absolute atomic E-state index is 0.146. The summed E-state index contributed by atoms with van der Waals surface area (Å²) in [6.07, 6.45) is -4.34. The van der Waals surface area contributed by atoms with Crippen LogP contribution in [-0.4, -0.2) is 102 Å². The lowest BCUT2D eigenvalue weighted by atomic mass is 9.93. The van der Waals surface area contributed by atoms with Gasteiger partial charge < -0.3 is 38.5 Å². The second kappa shape index (κ2) is 12.6. The maximum atomic E-state index is 14.1. The van der Waals surface area contributed by atoms with Gasteiger partial charge in [0, 0.05) is 39.9 Å². The van der Waals surface area contributed by atoms with Crippen LogP contribution >= 0.6 is 0 Å². The van der Waals surface area contributed by atoms with Crippen LogP contribution in [0.4, 0.5) is 22.0 Å². The zero-order valence-corrected chi connectivity index (χ0v) is 21.5. The smallest absolute Gasteiger partial charge is 0.349 e. The third-order valence-electron chi connectivity index (χ3n) is 6.74. The topological polar surface area (TPSA) is 160 Å². The number of carbonyl (C=O) groups excluding carboxylic acids is 2. The van der Waals surface area contributed by atoms with Crippen LogP contribution in [0.2, 0.25) is 0 Å². The van der Waals surface area contributed by atoms with Crippen LogP contribution in [0, 0.1) is 29.1 Å². The molecule has 0 radical (unpaired) electrons. The molecule has 6 atom stereocenters. The average molecular weight is 584 g/mol. The van der Waals surface area contributed by atoms with E-state index in [1.165, 1.54) is 14.2 Å². The molecule has 0 bridgehead atoms. The molecule has 0 unspecified atom stereocenters. The zero-order chi connectivity index (χ0) is 29.8. The Morgan fingerprint density at radius 3 is 1.93 bits per heavy atom. The summed E-state index contributed by atoms with van der Waals surface area (Å²) in [4.78, 5) is 28.8. The number of halogens is 5. The third-order valence-corrected chi connectivity index (χ3v) is 6.74. The predicted octanol–water partition coefficient (Wildman–Crippen LogP) is 1.31. The normalized spacial score (nSPS) is 29.7. The van der Waals surface area contributed by atoms with Gasteiger partial charge >= 0.3 is 5.97 Å². The van der Waals surface area contributed by atoms with Gasteiger partial charge in [-0.2, -0.15) is 8.78 Å². The third kappa shape index (κ3) is 5.18. The van der Waals surface area contributed by atoms with E-state index in [1.54, 1.807) is 0 Å². The van der Waals surface area contributed by atoms with E-state index in [4.69, 9.17) is 34.0 Å². The number of hydrogen-bond donors (Lipinski definition) is 1. The molecule has 1 N–H and O–H groups in total. The lowest BCUT2D eigenvalue weighted by molar-refractivity contribution is -0.171. The van der Waals surface area contributed by atoms with E-state index in [2.05, 4.69) is 20.1 Å². The van der Waals surface area contributed by atoms with Gasteiger partial charge in [0.25, 0.3) is 5.91 Å².